The van der Waals surface area contributed by atoms with E-state index in [2.05, 4.69) is 10.6 Å². The molecule has 0 aromatic heterocycles. The molecule has 7 nitrogen and oxygen atoms in total. The number of amides is 1. The highest BCUT2D eigenvalue weighted by molar-refractivity contribution is 5.87. The number of carbonyl (C=O) groups excluding carboxylic acids is 2. The summed E-state index contributed by atoms with van der Waals surface area (Å²) in [6.45, 7) is 6.09. The Hall–Kier alpha value is -3.68. The van der Waals surface area contributed by atoms with Crippen molar-refractivity contribution in [3.63, 3.8) is 0 Å². The van der Waals surface area contributed by atoms with Crippen molar-refractivity contribution in [3.8, 4) is 5.75 Å². The molecule has 3 atom stereocenters. The van der Waals surface area contributed by atoms with Crippen molar-refractivity contribution in [1.82, 2.24) is 10.6 Å². The minimum atomic E-state index is -1.06. The zero-order valence-corrected chi connectivity index (χ0v) is 23.2. The monoisotopic (exact) mass is 532 g/mol. The Labute approximate surface area is 231 Å². The van der Waals surface area contributed by atoms with Crippen LogP contribution in [0.25, 0.3) is 0 Å². The Balaban J connectivity index is 1.63. The lowest BCUT2D eigenvalue weighted by atomic mass is 9.79. The predicted molar refractivity (Wildman–Crippen MR) is 152 cm³/mol. The fourth-order valence-electron chi connectivity index (χ4n) is 4.16. The van der Waals surface area contributed by atoms with E-state index in [1.807, 2.05) is 84.9 Å². The molecule has 3 rings (SSSR count). The molecule has 3 aromatic carbocycles. The fraction of sp³-hybridized carbons (Fsp3) is 0.375. The summed E-state index contributed by atoms with van der Waals surface area (Å²) in [4.78, 5) is 26.3. The van der Waals surface area contributed by atoms with Gasteiger partial charge < -0.3 is 25.2 Å². The molecule has 0 fully saturated rings. The van der Waals surface area contributed by atoms with Crippen LogP contribution in [0, 0.1) is 11.3 Å². The van der Waals surface area contributed by atoms with Gasteiger partial charge in [-0.2, -0.15) is 0 Å². The maximum atomic E-state index is 13.4. The lowest BCUT2D eigenvalue weighted by Crippen LogP contribution is -2.52. The van der Waals surface area contributed by atoms with Crippen molar-refractivity contribution in [2.24, 2.45) is 11.3 Å². The summed E-state index contributed by atoms with van der Waals surface area (Å²) in [6.07, 6.45) is -0.416. The van der Waals surface area contributed by atoms with E-state index in [0.29, 0.717) is 13.0 Å². The highest BCUT2D eigenvalue weighted by Gasteiger charge is 2.40. The number of rotatable bonds is 14. The van der Waals surface area contributed by atoms with Crippen LogP contribution in [0.2, 0.25) is 0 Å². The molecular weight excluding hydrogens is 492 g/mol. The second kappa shape index (κ2) is 14.5. The number of ether oxygens (including phenoxy) is 2. The van der Waals surface area contributed by atoms with Gasteiger partial charge in [0.25, 0.3) is 0 Å². The highest BCUT2D eigenvalue weighted by atomic mass is 16.5. The van der Waals surface area contributed by atoms with Crippen LogP contribution in [0.15, 0.2) is 84.9 Å². The molecule has 0 radical (unpaired) electrons. The van der Waals surface area contributed by atoms with Crippen LogP contribution >= 0.6 is 0 Å². The maximum Gasteiger partial charge on any atom is 0.312 e. The molecule has 0 saturated heterocycles. The second-order valence-corrected chi connectivity index (χ2v) is 10.4. The summed E-state index contributed by atoms with van der Waals surface area (Å²) in [5.41, 5.74) is 1.83. The summed E-state index contributed by atoms with van der Waals surface area (Å²) >= 11 is 0. The van der Waals surface area contributed by atoms with E-state index in [0.717, 1.165) is 22.4 Å². The minimum absolute atomic E-state index is 0.145. The van der Waals surface area contributed by atoms with Crippen LogP contribution in [-0.2, 0) is 33.9 Å². The van der Waals surface area contributed by atoms with Gasteiger partial charge in [0.05, 0.1) is 30.6 Å². The number of carbonyl (C=O) groups is 2. The molecular formula is C32H40N2O5. The summed E-state index contributed by atoms with van der Waals surface area (Å²) in [7, 11) is 1.62. The van der Waals surface area contributed by atoms with Gasteiger partial charge in [0.15, 0.2) is 0 Å². The van der Waals surface area contributed by atoms with Gasteiger partial charge in [-0.3, -0.25) is 9.59 Å². The van der Waals surface area contributed by atoms with Gasteiger partial charge in [0, 0.05) is 13.1 Å². The van der Waals surface area contributed by atoms with Gasteiger partial charge in [0.1, 0.15) is 12.4 Å². The van der Waals surface area contributed by atoms with Crippen molar-refractivity contribution >= 4 is 11.9 Å². The largest absolute Gasteiger partial charge is 0.497 e. The Bertz CT molecular complexity index is 1180. The van der Waals surface area contributed by atoms with Gasteiger partial charge in [-0.1, -0.05) is 79.7 Å². The average Bonchev–Trinajstić information content (AvgIpc) is 2.96. The van der Waals surface area contributed by atoms with Gasteiger partial charge in [0.2, 0.25) is 5.91 Å². The first kappa shape index (κ1) is 29.9. The summed E-state index contributed by atoms with van der Waals surface area (Å²) in [6, 6.07) is 26.3. The number of aliphatic hydroxyl groups excluding tert-OH is 1. The molecule has 3 aromatic rings. The topological polar surface area (TPSA) is 96.9 Å². The zero-order chi connectivity index (χ0) is 28.3. The van der Waals surface area contributed by atoms with Crippen LogP contribution in [-0.4, -0.2) is 42.8 Å². The molecule has 3 N–H and O–H groups in total. The molecule has 0 saturated carbocycles. The molecule has 208 valence electrons. The summed E-state index contributed by atoms with van der Waals surface area (Å²) < 4.78 is 10.8. The summed E-state index contributed by atoms with van der Waals surface area (Å²) in [5, 5.41) is 17.4. The van der Waals surface area contributed by atoms with Crippen molar-refractivity contribution in [2.45, 2.75) is 52.5 Å². The molecule has 0 bridgehead atoms. The van der Waals surface area contributed by atoms with E-state index < -0.39 is 29.4 Å². The number of benzene rings is 3. The normalized spacial score (nSPS) is 13.7. The third-order valence-corrected chi connectivity index (χ3v) is 7.12. The number of methoxy groups -OCH3 is 1. The van der Waals surface area contributed by atoms with Crippen LogP contribution in [0.1, 0.15) is 37.5 Å². The summed E-state index contributed by atoms with van der Waals surface area (Å²) in [5.74, 6) is -0.683. The number of esters is 1. The predicted octanol–water partition coefficient (Wildman–Crippen LogP) is 4.28. The molecule has 7 heteroatoms. The van der Waals surface area contributed by atoms with Crippen LogP contribution in [0.4, 0.5) is 0 Å². The van der Waals surface area contributed by atoms with E-state index in [9.17, 15) is 14.7 Å². The maximum absolute atomic E-state index is 13.4. The molecule has 0 aliphatic carbocycles. The Morgan fingerprint density at radius 1 is 0.897 bits per heavy atom. The van der Waals surface area contributed by atoms with E-state index in [1.165, 1.54) is 0 Å². The van der Waals surface area contributed by atoms with Crippen LogP contribution in [0.5, 0.6) is 5.75 Å². The van der Waals surface area contributed by atoms with Gasteiger partial charge >= 0.3 is 5.97 Å². The number of aliphatic hydroxyl groups is 1. The molecule has 0 heterocycles. The molecule has 1 amide bonds. The number of hydrogen-bond donors (Lipinski definition) is 3. The molecule has 0 aliphatic rings. The van der Waals surface area contributed by atoms with Gasteiger partial charge in [-0.25, -0.2) is 0 Å². The molecule has 0 unspecified atom stereocenters. The van der Waals surface area contributed by atoms with Crippen molar-refractivity contribution in [1.29, 1.82) is 0 Å². The van der Waals surface area contributed by atoms with Crippen molar-refractivity contribution in [3.05, 3.63) is 102 Å². The standard InChI is InChI=1S/C32H40N2O5/c1-23(32(2,3)31(37)39-22-25-14-9-6-10-15-25)30(36)34-28(19-24-12-7-5-8-13-24)29(35)21-33-20-26-16-11-17-27(18-26)38-4/h5-18,23,28-29,33,35H,19-22H2,1-4H3,(H,34,36)/t23-,28-,29+/m0/s1. The van der Waals surface area contributed by atoms with Crippen molar-refractivity contribution in [2.75, 3.05) is 13.7 Å². The van der Waals surface area contributed by atoms with Crippen LogP contribution < -0.4 is 15.4 Å². The van der Waals surface area contributed by atoms with E-state index >= 15 is 0 Å². The first-order chi connectivity index (χ1) is 18.7. The first-order valence-corrected chi connectivity index (χ1v) is 13.3. The quantitative estimate of drug-likeness (QED) is 0.268. The number of nitrogens with one attached hydrogen (secondary N) is 2. The Morgan fingerprint density at radius 3 is 2.15 bits per heavy atom. The second-order valence-electron chi connectivity index (χ2n) is 10.4. The smallest absolute Gasteiger partial charge is 0.312 e. The van der Waals surface area contributed by atoms with Crippen molar-refractivity contribution < 1.29 is 24.2 Å². The third-order valence-electron chi connectivity index (χ3n) is 7.12. The number of hydrogen-bond acceptors (Lipinski definition) is 6. The van der Waals surface area contributed by atoms with Crippen LogP contribution in [0.3, 0.4) is 0 Å². The SMILES string of the molecule is COc1cccc(CNC[C@@H](O)[C@H](Cc2ccccc2)NC(=O)[C@H](C)C(C)(C)C(=O)OCc2ccccc2)c1. The molecule has 0 aliphatic heterocycles. The fourth-order valence-corrected chi connectivity index (χ4v) is 4.16. The Kier molecular flexibility index (Phi) is 11.1. The average molecular weight is 533 g/mol. The Morgan fingerprint density at radius 2 is 1.51 bits per heavy atom. The van der Waals surface area contributed by atoms with Gasteiger partial charge in [-0.15, -0.1) is 0 Å². The molecule has 39 heavy (non-hydrogen) atoms. The highest BCUT2D eigenvalue weighted by Crippen LogP contribution is 2.29. The first-order valence-electron chi connectivity index (χ1n) is 13.3. The minimum Gasteiger partial charge on any atom is -0.497 e. The zero-order valence-electron chi connectivity index (χ0n) is 23.2. The van der Waals surface area contributed by atoms with Gasteiger partial charge in [-0.05, 0) is 49.1 Å². The van der Waals surface area contributed by atoms with E-state index in [1.54, 1.807) is 27.9 Å². The lowest BCUT2D eigenvalue weighted by molar-refractivity contribution is -0.161. The lowest BCUT2D eigenvalue weighted by Gasteiger charge is -2.31. The van der Waals surface area contributed by atoms with E-state index in [-0.39, 0.29) is 19.1 Å². The third kappa shape index (κ3) is 8.94. The molecule has 0 spiro atoms. The van der Waals surface area contributed by atoms with E-state index in [4.69, 9.17) is 9.47 Å².